The van der Waals surface area contributed by atoms with Gasteiger partial charge in [-0.2, -0.15) is 25.8 Å². The van der Waals surface area contributed by atoms with E-state index in [1.54, 1.807) is 0 Å². The Labute approximate surface area is 247 Å². The zero-order valence-electron chi connectivity index (χ0n) is 22.4. The average Bonchev–Trinajstić information content (AvgIpc) is 2.91. The van der Waals surface area contributed by atoms with Gasteiger partial charge < -0.3 is 58.3 Å². The van der Waals surface area contributed by atoms with Crippen molar-refractivity contribution < 1.29 is 72.3 Å². The minimum absolute atomic E-state index is 0.257. The molecule has 0 aliphatic heterocycles. The van der Waals surface area contributed by atoms with Crippen LogP contribution in [0, 0.1) is 0 Å². The van der Waals surface area contributed by atoms with Gasteiger partial charge >= 0.3 is 24.1 Å². The first-order chi connectivity index (χ1) is 19.9. The summed E-state index contributed by atoms with van der Waals surface area (Å²) in [6.07, 6.45) is -4.62. The van der Waals surface area contributed by atoms with E-state index in [0.717, 1.165) is 0 Å². The number of hydrogen-bond acceptors (Lipinski definition) is 12. The number of aliphatic hydroxyl groups is 2. The lowest BCUT2D eigenvalue weighted by molar-refractivity contribution is -0.192. The number of nitrogens with two attached hydrogens (primary N) is 2. The number of unbranched alkanes of at least 4 members (excludes halogenated alkanes) is 1. The second-order valence-corrected chi connectivity index (χ2v) is 8.79. The van der Waals surface area contributed by atoms with Crippen LogP contribution in [0.15, 0.2) is 0 Å². The number of thiol groups is 1. The Balaban J connectivity index is 0. The fourth-order valence-corrected chi connectivity index (χ4v) is 2.94. The van der Waals surface area contributed by atoms with Crippen molar-refractivity contribution in [2.24, 2.45) is 11.5 Å². The highest BCUT2D eigenvalue weighted by atomic mass is 32.1. The highest BCUT2D eigenvalue weighted by Crippen LogP contribution is 2.13. The Morgan fingerprint density at radius 1 is 0.721 bits per heavy atom. The molecule has 0 rings (SSSR count). The number of carbonyl (C=O) groups is 7. The number of halogens is 3. The molecular weight excluding hydrogens is 617 g/mol. The molecule has 0 aromatic carbocycles. The Bertz CT molecular complexity index is 975. The second-order valence-electron chi connectivity index (χ2n) is 8.42. The summed E-state index contributed by atoms with van der Waals surface area (Å²) in [5, 5.41) is 52.4. The van der Waals surface area contributed by atoms with E-state index in [4.69, 9.17) is 31.6 Å². The van der Waals surface area contributed by atoms with Crippen molar-refractivity contribution in [3.63, 3.8) is 0 Å². The zero-order chi connectivity index (χ0) is 33.9. The van der Waals surface area contributed by atoms with Gasteiger partial charge in [0.1, 0.15) is 24.2 Å². The summed E-state index contributed by atoms with van der Waals surface area (Å²) in [4.78, 5) is 80.6. The third kappa shape index (κ3) is 17.7. The molecule has 0 aliphatic rings. The number of amides is 4. The SMILES string of the molecule is NCCCC[C@H](N)C(=O)N[C@@H](CO)C(=O)N[C@@H](CC(=O)O)C(=O)N[C@@H](CO)C(=O)N[C@@H](CS)C(=O)O.O=C(O)C(F)(F)F. The van der Waals surface area contributed by atoms with E-state index in [9.17, 15) is 52.2 Å². The van der Waals surface area contributed by atoms with Gasteiger partial charge in [-0.25, -0.2) is 9.59 Å². The molecule has 0 fully saturated rings. The number of carboxylic acid groups (broad SMARTS) is 3. The molecule has 0 unspecified atom stereocenters. The minimum Gasteiger partial charge on any atom is -0.481 e. The number of alkyl halides is 3. The molecule has 0 bridgehead atoms. The summed E-state index contributed by atoms with van der Waals surface area (Å²) in [7, 11) is 0. The standard InChI is InChI=1S/C19H34N6O10S.C2HF3O2/c20-4-2-1-3-9(21)15(30)23-11(6-26)17(32)22-10(5-14(28)29)16(31)24-12(7-27)18(33)25-13(8-36)19(34)35;3-2(4,5)1(6)7/h9-13,26-27,36H,1-8,20-21H2,(H,22,32)(H,23,30)(H,24,31)(H,25,33)(H,28,29)(H,34,35);(H,6,7)/t9-,10-,11-,12-,13-;/m0./s1. The van der Waals surface area contributed by atoms with Gasteiger partial charge in [0, 0.05) is 5.75 Å². The van der Waals surface area contributed by atoms with E-state index >= 15 is 0 Å². The quantitative estimate of drug-likeness (QED) is 0.0491. The van der Waals surface area contributed by atoms with Crippen LogP contribution in [0.5, 0.6) is 0 Å². The van der Waals surface area contributed by atoms with Crippen LogP contribution < -0.4 is 32.7 Å². The molecule has 0 aromatic heterocycles. The van der Waals surface area contributed by atoms with Crippen LogP contribution in [0.1, 0.15) is 25.7 Å². The third-order valence-corrected chi connectivity index (χ3v) is 5.35. The summed E-state index contributed by atoms with van der Waals surface area (Å²) >= 11 is 3.77. The van der Waals surface area contributed by atoms with Crippen LogP contribution in [0.4, 0.5) is 13.2 Å². The summed E-state index contributed by atoms with van der Waals surface area (Å²) in [5.41, 5.74) is 11.1. The Morgan fingerprint density at radius 3 is 1.47 bits per heavy atom. The number of aliphatic carboxylic acids is 3. The van der Waals surface area contributed by atoms with Crippen LogP contribution in [0.25, 0.3) is 0 Å². The molecule has 0 saturated carbocycles. The Morgan fingerprint density at radius 2 is 1.12 bits per heavy atom. The molecule has 22 heteroatoms. The summed E-state index contributed by atoms with van der Waals surface area (Å²) in [6.45, 7) is -1.49. The van der Waals surface area contributed by atoms with Gasteiger partial charge in [-0.1, -0.05) is 6.42 Å². The minimum atomic E-state index is -5.08. The van der Waals surface area contributed by atoms with Crippen LogP contribution >= 0.6 is 12.6 Å². The maximum absolute atomic E-state index is 12.6. The number of carboxylic acids is 3. The maximum Gasteiger partial charge on any atom is 0.490 e. The number of hydrogen-bond donors (Lipinski definition) is 12. The van der Waals surface area contributed by atoms with Crippen molar-refractivity contribution in [3.05, 3.63) is 0 Å². The van der Waals surface area contributed by atoms with Gasteiger partial charge in [0.15, 0.2) is 0 Å². The topological polar surface area (TPSA) is 321 Å². The first kappa shape index (κ1) is 41.4. The fraction of sp³-hybridized carbons (Fsp3) is 0.667. The third-order valence-electron chi connectivity index (χ3n) is 4.99. The molecule has 248 valence electrons. The Kier molecular flexibility index (Phi) is 20.3. The van der Waals surface area contributed by atoms with Crippen LogP contribution in [0.2, 0.25) is 0 Å². The molecule has 4 amide bonds. The van der Waals surface area contributed by atoms with E-state index in [1.807, 2.05) is 10.6 Å². The van der Waals surface area contributed by atoms with E-state index < -0.39 is 97.6 Å². The average molecular weight is 653 g/mol. The highest BCUT2D eigenvalue weighted by molar-refractivity contribution is 7.80. The second kappa shape index (κ2) is 21.0. The monoisotopic (exact) mass is 652 g/mol. The molecule has 0 saturated heterocycles. The van der Waals surface area contributed by atoms with Gasteiger partial charge in [0.25, 0.3) is 0 Å². The highest BCUT2D eigenvalue weighted by Gasteiger charge is 2.38. The summed E-state index contributed by atoms with van der Waals surface area (Å²) in [6, 6.07) is -7.50. The van der Waals surface area contributed by atoms with Gasteiger partial charge in [0.05, 0.1) is 25.7 Å². The largest absolute Gasteiger partial charge is 0.490 e. The molecule has 0 spiro atoms. The molecule has 0 aromatic rings. The molecule has 0 heterocycles. The van der Waals surface area contributed by atoms with Gasteiger partial charge in [0.2, 0.25) is 23.6 Å². The lowest BCUT2D eigenvalue weighted by atomic mass is 10.1. The molecule has 43 heavy (non-hydrogen) atoms. The van der Waals surface area contributed by atoms with Gasteiger partial charge in [-0.05, 0) is 19.4 Å². The molecule has 0 radical (unpaired) electrons. The first-order valence-corrected chi connectivity index (χ1v) is 12.7. The number of rotatable bonds is 18. The number of aliphatic hydroxyl groups excluding tert-OH is 2. The van der Waals surface area contributed by atoms with Crippen molar-refractivity contribution in [2.75, 3.05) is 25.5 Å². The lowest BCUT2D eigenvalue weighted by Gasteiger charge is -2.24. The van der Waals surface area contributed by atoms with Crippen LogP contribution in [-0.2, 0) is 33.6 Å². The maximum atomic E-state index is 12.6. The lowest BCUT2D eigenvalue weighted by Crippen LogP contribution is -2.60. The smallest absolute Gasteiger partial charge is 0.481 e. The predicted octanol–water partition coefficient (Wildman–Crippen LogP) is -4.51. The van der Waals surface area contributed by atoms with E-state index in [1.165, 1.54) is 0 Å². The summed E-state index contributed by atoms with van der Waals surface area (Å²) < 4.78 is 31.7. The molecular formula is C21H35F3N6O12S. The van der Waals surface area contributed by atoms with Crippen molar-refractivity contribution in [1.82, 2.24) is 21.3 Å². The van der Waals surface area contributed by atoms with Crippen molar-refractivity contribution in [1.29, 1.82) is 0 Å². The van der Waals surface area contributed by atoms with Crippen molar-refractivity contribution in [2.45, 2.75) is 62.1 Å². The normalized spacial score (nSPS) is 14.3. The molecule has 18 nitrogen and oxygen atoms in total. The van der Waals surface area contributed by atoms with Gasteiger partial charge in [-0.3, -0.25) is 24.0 Å². The summed E-state index contributed by atoms with van der Waals surface area (Å²) in [5.74, 6) is -10.2. The molecule has 5 atom stereocenters. The van der Waals surface area contributed by atoms with E-state index in [-0.39, 0.29) is 12.2 Å². The van der Waals surface area contributed by atoms with Crippen molar-refractivity contribution in [3.8, 4) is 0 Å². The first-order valence-electron chi connectivity index (χ1n) is 12.1. The van der Waals surface area contributed by atoms with E-state index in [2.05, 4.69) is 23.3 Å². The van der Waals surface area contributed by atoms with Crippen LogP contribution in [0.3, 0.4) is 0 Å². The Hall–Kier alpha value is -3.73. The van der Waals surface area contributed by atoms with Crippen LogP contribution in [-0.4, -0.2) is 129 Å². The van der Waals surface area contributed by atoms with Gasteiger partial charge in [-0.15, -0.1) is 0 Å². The van der Waals surface area contributed by atoms with E-state index in [0.29, 0.717) is 19.4 Å². The number of nitrogens with one attached hydrogen (secondary N) is 4. The number of carbonyl (C=O) groups excluding carboxylic acids is 4. The molecule has 0 aliphatic carbocycles. The van der Waals surface area contributed by atoms with Crippen molar-refractivity contribution >= 4 is 54.2 Å². The zero-order valence-corrected chi connectivity index (χ0v) is 23.3. The fourth-order valence-electron chi connectivity index (χ4n) is 2.69. The predicted molar refractivity (Wildman–Crippen MR) is 140 cm³/mol. The molecule has 13 N–H and O–H groups in total.